The molecule has 1 aromatic carbocycles. The summed E-state index contributed by atoms with van der Waals surface area (Å²) in [5, 5.41) is 9.42. The van der Waals surface area contributed by atoms with E-state index in [1.165, 1.54) is 0 Å². The highest BCUT2D eigenvalue weighted by atomic mass is 16.8. The molecule has 108 valence electrons. The van der Waals surface area contributed by atoms with E-state index < -0.39 is 12.9 Å². The first kappa shape index (κ1) is 14.4. The Hall–Kier alpha value is -2.05. The van der Waals surface area contributed by atoms with Gasteiger partial charge in [0.05, 0.1) is 0 Å². The highest BCUT2D eigenvalue weighted by Crippen LogP contribution is 2.29. The molecule has 0 aliphatic carbocycles. The third kappa shape index (κ3) is 3.28. The van der Waals surface area contributed by atoms with Crippen molar-refractivity contribution in [3.8, 4) is 5.75 Å². The zero-order valence-corrected chi connectivity index (χ0v) is 11.5. The molecule has 0 atom stereocenters. The molecule has 2 aromatic rings. The summed E-state index contributed by atoms with van der Waals surface area (Å²) >= 11 is 0. The van der Waals surface area contributed by atoms with Crippen molar-refractivity contribution >= 4 is 17.1 Å². The number of nitrogens with zero attached hydrogens (tertiary/aromatic N) is 1. The quantitative estimate of drug-likeness (QED) is 0.495. The van der Waals surface area contributed by atoms with Crippen molar-refractivity contribution in [2.24, 2.45) is 0 Å². The first-order valence-corrected chi connectivity index (χ1v) is 6.31. The van der Waals surface area contributed by atoms with Gasteiger partial charge >= 0.3 is 6.16 Å². The van der Waals surface area contributed by atoms with E-state index in [-0.39, 0.29) is 0 Å². The summed E-state index contributed by atoms with van der Waals surface area (Å²) in [5.74, 6) is 0.427. The lowest BCUT2D eigenvalue weighted by Crippen LogP contribution is -2.15. The van der Waals surface area contributed by atoms with Gasteiger partial charge in [0.25, 0.3) is 0 Å². The van der Waals surface area contributed by atoms with Crippen LogP contribution in [0.25, 0.3) is 10.9 Å². The second kappa shape index (κ2) is 6.40. The lowest BCUT2D eigenvalue weighted by atomic mass is 10.1. The van der Waals surface area contributed by atoms with Gasteiger partial charge in [0.1, 0.15) is 5.75 Å². The zero-order chi connectivity index (χ0) is 14.5. The number of aliphatic hydroxyl groups is 1. The summed E-state index contributed by atoms with van der Waals surface area (Å²) in [6, 6.07) is 5.41. The Morgan fingerprint density at radius 1 is 1.40 bits per heavy atom. The van der Waals surface area contributed by atoms with Crippen LogP contribution in [0, 0.1) is 0 Å². The molecule has 2 N–H and O–H groups in total. The van der Waals surface area contributed by atoms with Crippen molar-refractivity contribution < 1.29 is 19.4 Å². The molecule has 0 spiro atoms. The second-order valence-corrected chi connectivity index (χ2v) is 4.67. The minimum atomic E-state index is -0.917. The molecule has 6 heteroatoms. The Bertz CT molecular complexity index is 592. The summed E-state index contributed by atoms with van der Waals surface area (Å²) in [6.45, 7) is 0.192. The number of nitrogens with one attached hydrogen (secondary N) is 1. The summed E-state index contributed by atoms with van der Waals surface area (Å²) < 4.78 is 9.50. The van der Waals surface area contributed by atoms with Gasteiger partial charge in [-0.3, -0.25) is 0 Å². The second-order valence-electron chi connectivity index (χ2n) is 4.67. The van der Waals surface area contributed by atoms with E-state index in [9.17, 15) is 4.79 Å². The Morgan fingerprint density at radius 2 is 2.20 bits per heavy atom. The van der Waals surface area contributed by atoms with Crippen molar-refractivity contribution in [2.75, 3.05) is 27.4 Å². The van der Waals surface area contributed by atoms with Crippen LogP contribution in [0.5, 0.6) is 5.75 Å². The number of aromatic amines is 1. The van der Waals surface area contributed by atoms with Crippen LogP contribution in [0.15, 0.2) is 24.4 Å². The van der Waals surface area contributed by atoms with E-state index in [0.29, 0.717) is 5.75 Å². The van der Waals surface area contributed by atoms with Gasteiger partial charge in [0, 0.05) is 23.6 Å². The first-order chi connectivity index (χ1) is 9.61. The van der Waals surface area contributed by atoms with Gasteiger partial charge in [0.2, 0.25) is 0 Å². The molecule has 0 aliphatic rings. The maximum Gasteiger partial charge on any atom is 0.515 e. The van der Waals surface area contributed by atoms with Crippen molar-refractivity contribution in [1.29, 1.82) is 0 Å². The summed E-state index contributed by atoms with van der Waals surface area (Å²) in [7, 11) is 4.01. The Labute approximate surface area is 116 Å². The molecule has 2 rings (SSSR count). The van der Waals surface area contributed by atoms with E-state index in [1.807, 2.05) is 26.4 Å². The van der Waals surface area contributed by atoms with Crippen LogP contribution in [-0.2, 0) is 11.2 Å². The first-order valence-electron chi connectivity index (χ1n) is 6.31. The number of likely N-dealkylation sites (N-methyl/N-ethyl adjacent to an activating group) is 1. The minimum Gasteiger partial charge on any atom is -0.407 e. The van der Waals surface area contributed by atoms with E-state index in [1.54, 1.807) is 12.1 Å². The number of H-pyrrole nitrogens is 1. The summed E-state index contributed by atoms with van der Waals surface area (Å²) in [4.78, 5) is 16.6. The molecule has 0 amide bonds. The molecule has 20 heavy (non-hydrogen) atoms. The Balaban J connectivity index is 2.29. The Kier molecular flexibility index (Phi) is 4.60. The number of aromatic nitrogens is 1. The van der Waals surface area contributed by atoms with Crippen molar-refractivity contribution in [2.45, 2.75) is 6.42 Å². The van der Waals surface area contributed by atoms with E-state index in [4.69, 9.17) is 9.84 Å². The SMILES string of the molecule is CN(C)CCc1c[nH]c2cccc(OC(=O)OCO)c12. The fraction of sp³-hybridized carbons (Fsp3) is 0.357. The molecule has 0 saturated carbocycles. The molecule has 0 bridgehead atoms. The highest BCUT2D eigenvalue weighted by molar-refractivity contribution is 5.90. The van der Waals surface area contributed by atoms with E-state index in [0.717, 1.165) is 29.4 Å². The van der Waals surface area contributed by atoms with Gasteiger partial charge in [-0.15, -0.1) is 0 Å². The monoisotopic (exact) mass is 278 g/mol. The third-order valence-electron chi connectivity index (χ3n) is 2.95. The molecule has 6 nitrogen and oxygen atoms in total. The number of hydrogen-bond acceptors (Lipinski definition) is 5. The lowest BCUT2D eigenvalue weighted by Gasteiger charge is -2.10. The number of benzene rings is 1. The van der Waals surface area contributed by atoms with Crippen LogP contribution in [0.1, 0.15) is 5.56 Å². The van der Waals surface area contributed by atoms with Crippen LogP contribution in [-0.4, -0.2) is 48.6 Å². The topological polar surface area (TPSA) is 74.8 Å². The molecule has 0 saturated heterocycles. The van der Waals surface area contributed by atoms with Crippen LogP contribution in [0.2, 0.25) is 0 Å². The highest BCUT2D eigenvalue weighted by Gasteiger charge is 2.13. The predicted molar refractivity (Wildman–Crippen MR) is 74.8 cm³/mol. The van der Waals surface area contributed by atoms with Gasteiger partial charge in [-0.05, 0) is 38.2 Å². The van der Waals surface area contributed by atoms with Crippen LogP contribution in [0.3, 0.4) is 0 Å². The minimum absolute atomic E-state index is 0.427. The van der Waals surface area contributed by atoms with Crippen molar-refractivity contribution in [1.82, 2.24) is 9.88 Å². The lowest BCUT2D eigenvalue weighted by molar-refractivity contribution is 0.0187. The number of ether oxygens (including phenoxy) is 2. The number of carbonyl (C=O) groups excluding carboxylic acids is 1. The van der Waals surface area contributed by atoms with Gasteiger partial charge in [-0.1, -0.05) is 6.07 Å². The van der Waals surface area contributed by atoms with Gasteiger partial charge in [-0.2, -0.15) is 0 Å². The van der Waals surface area contributed by atoms with Gasteiger partial charge < -0.3 is 24.5 Å². The smallest absolute Gasteiger partial charge is 0.407 e. The fourth-order valence-corrected chi connectivity index (χ4v) is 2.02. The van der Waals surface area contributed by atoms with E-state index >= 15 is 0 Å². The van der Waals surface area contributed by atoms with E-state index in [2.05, 4.69) is 14.6 Å². The standard InChI is InChI=1S/C14H18N2O4/c1-16(2)7-6-10-8-15-11-4-3-5-12(13(10)11)20-14(18)19-9-17/h3-5,8,15,17H,6-7,9H2,1-2H3. The number of hydrogen-bond donors (Lipinski definition) is 2. The van der Waals surface area contributed by atoms with Crippen molar-refractivity contribution in [3.63, 3.8) is 0 Å². The maximum atomic E-state index is 11.3. The normalized spacial score (nSPS) is 11.0. The zero-order valence-electron chi connectivity index (χ0n) is 11.5. The van der Waals surface area contributed by atoms with Crippen LogP contribution in [0.4, 0.5) is 4.79 Å². The molecule has 0 aliphatic heterocycles. The predicted octanol–water partition coefficient (Wildman–Crippen LogP) is 1.74. The average Bonchev–Trinajstić information content (AvgIpc) is 2.81. The summed E-state index contributed by atoms with van der Waals surface area (Å²) in [5.41, 5.74) is 1.97. The molecule has 0 unspecified atom stereocenters. The average molecular weight is 278 g/mol. The molecule has 1 heterocycles. The molecular formula is C14H18N2O4. The fourth-order valence-electron chi connectivity index (χ4n) is 2.02. The molecule has 1 aromatic heterocycles. The largest absolute Gasteiger partial charge is 0.515 e. The number of rotatable bonds is 5. The van der Waals surface area contributed by atoms with Crippen LogP contribution < -0.4 is 4.74 Å². The van der Waals surface area contributed by atoms with Crippen LogP contribution >= 0.6 is 0 Å². The molecule has 0 radical (unpaired) electrons. The molecule has 0 fully saturated rings. The molecular weight excluding hydrogens is 260 g/mol. The maximum absolute atomic E-state index is 11.3. The van der Waals surface area contributed by atoms with Gasteiger partial charge in [-0.25, -0.2) is 4.79 Å². The van der Waals surface area contributed by atoms with Crippen molar-refractivity contribution in [3.05, 3.63) is 30.0 Å². The van der Waals surface area contributed by atoms with Gasteiger partial charge in [0.15, 0.2) is 6.79 Å². The third-order valence-corrected chi connectivity index (χ3v) is 2.95. The summed E-state index contributed by atoms with van der Waals surface area (Å²) in [6.07, 6.45) is 1.83. The number of fused-ring (bicyclic) bond motifs is 1. The Morgan fingerprint density at radius 3 is 2.90 bits per heavy atom. The number of aliphatic hydroxyl groups excluding tert-OH is 1. The number of carbonyl (C=O) groups is 1.